The minimum atomic E-state index is -3.10. The quantitative estimate of drug-likeness (QED) is 0.804. The predicted molar refractivity (Wildman–Crippen MR) is 61.6 cm³/mol. The molecule has 0 aliphatic heterocycles. The first-order valence-electron chi connectivity index (χ1n) is 4.48. The number of hydrogen-bond acceptors (Lipinski definition) is 3. The molecule has 0 radical (unpaired) electrons. The van der Waals surface area contributed by atoms with E-state index in [9.17, 15) is 8.42 Å². The fourth-order valence-corrected chi connectivity index (χ4v) is 2.85. The lowest BCUT2D eigenvalue weighted by Crippen LogP contribution is -2.09. The highest BCUT2D eigenvalue weighted by Gasteiger charge is 2.13. The molecule has 1 aromatic carbocycles. The molecule has 1 rings (SSSR count). The molecule has 0 heterocycles. The summed E-state index contributed by atoms with van der Waals surface area (Å²) >= 11 is 4.16. The van der Waals surface area contributed by atoms with E-state index in [0.717, 1.165) is 0 Å². The highest BCUT2D eigenvalue weighted by Crippen LogP contribution is 2.13. The van der Waals surface area contributed by atoms with Gasteiger partial charge < -0.3 is 0 Å². The lowest BCUT2D eigenvalue weighted by Gasteiger charge is -2.05. The van der Waals surface area contributed by atoms with Crippen molar-refractivity contribution in [2.24, 2.45) is 0 Å². The van der Waals surface area contributed by atoms with Gasteiger partial charge in [-0.25, -0.2) is 8.42 Å². The van der Waals surface area contributed by atoms with Gasteiger partial charge in [-0.05, 0) is 23.8 Å². The number of rotatable bonds is 4. The van der Waals surface area contributed by atoms with Gasteiger partial charge in [-0.15, -0.1) is 0 Å². The summed E-state index contributed by atoms with van der Waals surface area (Å²) in [6.07, 6.45) is 0.584. The first-order chi connectivity index (χ1) is 6.52. The predicted octanol–water partition coefficient (Wildman–Crippen LogP) is 2.17. The van der Waals surface area contributed by atoms with Crippen LogP contribution in [0, 0.1) is 0 Å². The van der Waals surface area contributed by atoms with Crippen LogP contribution in [0.15, 0.2) is 35.2 Å². The molecule has 1 atom stereocenters. The van der Waals surface area contributed by atoms with Crippen LogP contribution in [0.3, 0.4) is 0 Å². The zero-order valence-corrected chi connectivity index (χ0v) is 9.76. The zero-order valence-electron chi connectivity index (χ0n) is 8.05. The molecule has 2 nitrogen and oxygen atoms in total. The van der Waals surface area contributed by atoms with Gasteiger partial charge in [-0.1, -0.05) is 25.1 Å². The monoisotopic (exact) mass is 230 g/mol. The minimum absolute atomic E-state index is 0.119. The number of benzene rings is 1. The second kappa shape index (κ2) is 4.84. The van der Waals surface area contributed by atoms with E-state index in [0.29, 0.717) is 11.3 Å². The van der Waals surface area contributed by atoms with Crippen LogP contribution in [0.2, 0.25) is 0 Å². The third kappa shape index (κ3) is 3.35. The molecule has 0 bridgehead atoms. The summed E-state index contributed by atoms with van der Waals surface area (Å²) in [7, 11) is -3.10. The maximum absolute atomic E-state index is 11.7. The Bertz CT molecular complexity index is 368. The Labute approximate surface area is 90.7 Å². The summed E-state index contributed by atoms with van der Waals surface area (Å²) in [4.78, 5) is 0.397. The molecule has 0 aromatic heterocycles. The third-order valence-corrected chi connectivity index (χ3v) is 3.93. The molecule has 0 aliphatic rings. The van der Waals surface area contributed by atoms with E-state index >= 15 is 0 Å². The van der Waals surface area contributed by atoms with Crippen molar-refractivity contribution in [2.75, 3.05) is 5.75 Å². The van der Waals surface area contributed by atoms with Gasteiger partial charge in [-0.3, -0.25) is 0 Å². The summed E-state index contributed by atoms with van der Waals surface area (Å²) in [6.45, 7) is 1.89. The van der Waals surface area contributed by atoms with Gasteiger partial charge >= 0.3 is 0 Å². The molecule has 78 valence electrons. The van der Waals surface area contributed by atoms with Crippen LogP contribution < -0.4 is 0 Å². The van der Waals surface area contributed by atoms with Crippen molar-refractivity contribution in [3.8, 4) is 0 Å². The molecule has 0 aliphatic carbocycles. The maximum atomic E-state index is 11.7. The van der Waals surface area contributed by atoms with Crippen molar-refractivity contribution in [1.82, 2.24) is 0 Å². The second-order valence-electron chi connectivity index (χ2n) is 3.27. The van der Waals surface area contributed by atoms with Gasteiger partial charge in [0.2, 0.25) is 0 Å². The van der Waals surface area contributed by atoms with Gasteiger partial charge in [0, 0.05) is 0 Å². The average molecular weight is 230 g/mol. The first kappa shape index (κ1) is 11.6. The van der Waals surface area contributed by atoms with Gasteiger partial charge in [0.15, 0.2) is 9.84 Å². The smallest absolute Gasteiger partial charge is 0.178 e. The van der Waals surface area contributed by atoms with Crippen LogP contribution in [0.4, 0.5) is 0 Å². The van der Waals surface area contributed by atoms with Crippen molar-refractivity contribution in [1.29, 1.82) is 0 Å². The molecular weight excluding hydrogens is 216 g/mol. The third-order valence-electron chi connectivity index (χ3n) is 1.91. The number of hydrogen-bond donors (Lipinski definition) is 1. The van der Waals surface area contributed by atoms with Crippen LogP contribution in [0.1, 0.15) is 13.3 Å². The lowest BCUT2D eigenvalue weighted by molar-refractivity contribution is 0.593. The van der Waals surface area contributed by atoms with Crippen molar-refractivity contribution >= 4 is 22.5 Å². The van der Waals surface area contributed by atoms with E-state index in [2.05, 4.69) is 12.6 Å². The summed E-state index contributed by atoms with van der Waals surface area (Å²) in [6, 6.07) is 8.52. The second-order valence-corrected chi connectivity index (χ2v) is 6.26. The fourth-order valence-electron chi connectivity index (χ4n) is 1.07. The summed E-state index contributed by atoms with van der Waals surface area (Å²) in [5, 5.41) is 0.119. The molecule has 0 fully saturated rings. The molecule has 0 N–H and O–H groups in total. The SMILES string of the molecule is CC(S)CCS(=O)(=O)c1ccccc1. The molecule has 1 unspecified atom stereocenters. The van der Waals surface area contributed by atoms with Crippen LogP contribution in [0.5, 0.6) is 0 Å². The van der Waals surface area contributed by atoms with Crippen LogP contribution in [-0.4, -0.2) is 19.4 Å². The van der Waals surface area contributed by atoms with E-state index in [1.807, 2.05) is 6.92 Å². The maximum Gasteiger partial charge on any atom is 0.178 e. The molecule has 14 heavy (non-hydrogen) atoms. The Morgan fingerprint density at radius 1 is 1.29 bits per heavy atom. The van der Waals surface area contributed by atoms with Crippen molar-refractivity contribution in [3.63, 3.8) is 0 Å². The zero-order chi connectivity index (χ0) is 10.6. The Morgan fingerprint density at radius 2 is 1.86 bits per heavy atom. The van der Waals surface area contributed by atoms with E-state index in [1.165, 1.54) is 0 Å². The van der Waals surface area contributed by atoms with Gasteiger partial charge in [0.1, 0.15) is 0 Å². The van der Waals surface area contributed by atoms with Crippen LogP contribution >= 0.6 is 12.6 Å². The minimum Gasteiger partial charge on any atom is -0.224 e. The molecule has 0 amide bonds. The summed E-state index contributed by atoms with van der Waals surface area (Å²) < 4.78 is 23.4. The van der Waals surface area contributed by atoms with Crippen LogP contribution in [-0.2, 0) is 9.84 Å². The lowest BCUT2D eigenvalue weighted by atomic mass is 10.4. The van der Waals surface area contributed by atoms with E-state index in [4.69, 9.17) is 0 Å². The van der Waals surface area contributed by atoms with E-state index < -0.39 is 9.84 Å². The van der Waals surface area contributed by atoms with Gasteiger partial charge in [-0.2, -0.15) is 12.6 Å². The molecule has 0 saturated heterocycles. The van der Waals surface area contributed by atoms with Crippen LogP contribution in [0.25, 0.3) is 0 Å². The molecule has 4 heteroatoms. The first-order valence-corrected chi connectivity index (χ1v) is 6.65. The topological polar surface area (TPSA) is 34.1 Å². The highest BCUT2D eigenvalue weighted by atomic mass is 32.2. The molecule has 0 spiro atoms. The normalized spacial score (nSPS) is 13.9. The van der Waals surface area contributed by atoms with Crippen molar-refractivity contribution in [3.05, 3.63) is 30.3 Å². The highest BCUT2D eigenvalue weighted by molar-refractivity contribution is 7.91. The molecular formula is C10H14O2S2. The van der Waals surface area contributed by atoms with Crippen molar-refractivity contribution < 1.29 is 8.42 Å². The Morgan fingerprint density at radius 3 is 2.36 bits per heavy atom. The summed E-state index contributed by atoms with van der Waals surface area (Å²) in [5.74, 6) is 0.168. The average Bonchev–Trinajstić information content (AvgIpc) is 2.16. The molecule has 1 aromatic rings. The van der Waals surface area contributed by atoms with Gasteiger partial charge in [0.25, 0.3) is 0 Å². The van der Waals surface area contributed by atoms with E-state index in [1.54, 1.807) is 30.3 Å². The van der Waals surface area contributed by atoms with Gasteiger partial charge in [0.05, 0.1) is 10.6 Å². The Balaban J connectivity index is 2.77. The Kier molecular flexibility index (Phi) is 4.01. The van der Waals surface area contributed by atoms with E-state index in [-0.39, 0.29) is 11.0 Å². The summed E-state index contributed by atoms with van der Waals surface area (Å²) in [5.41, 5.74) is 0. The largest absolute Gasteiger partial charge is 0.224 e. The Hall–Kier alpha value is -0.480. The number of sulfone groups is 1. The van der Waals surface area contributed by atoms with Crippen molar-refractivity contribution in [2.45, 2.75) is 23.5 Å². The number of thiol groups is 1. The fraction of sp³-hybridized carbons (Fsp3) is 0.400. The molecule has 0 saturated carbocycles. The standard InChI is InChI=1S/C10H14O2S2/c1-9(13)7-8-14(11,12)10-5-3-2-4-6-10/h2-6,9,13H,7-8H2,1H3.